The second-order valence-electron chi connectivity index (χ2n) is 4.46. The predicted molar refractivity (Wildman–Crippen MR) is 50.4 cm³/mol. The molecule has 0 aromatic rings. The first kappa shape index (κ1) is 18.3. The van der Waals surface area contributed by atoms with Gasteiger partial charge in [0, 0.05) is 6.61 Å². The van der Waals surface area contributed by atoms with Crippen molar-refractivity contribution in [3.63, 3.8) is 0 Å². The molecule has 0 aliphatic carbocycles. The molecule has 1 unspecified atom stereocenters. The number of rotatable bonds is 5. The van der Waals surface area contributed by atoms with Crippen LogP contribution >= 0.6 is 0 Å². The zero-order valence-electron chi connectivity index (χ0n) is 10.3. The van der Waals surface area contributed by atoms with E-state index in [0.29, 0.717) is 12.8 Å². The molecule has 21 heavy (non-hydrogen) atoms. The Morgan fingerprint density at radius 3 is 1.86 bits per heavy atom. The van der Waals surface area contributed by atoms with Crippen molar-refractivity contribution in [2.45, 2.75) is 49.5 Å². The van der Waals surface area contributed by atoms with Crippen LogP contribution in [0.25, 0.3) is 0 Å². The van der Waals surface area contributed by atoms with Crippen LogP contribution in [-0.2, 0) is 9.47 Å². The van der Waals surface area contributed by atoms with E-state index in [2.05, 4.69) is 4.74 Å². The third-order valence-electron chi connectivity index (χ3n) is 2.84. The maximum Gasteiger partial charge on any atom is 0.460 e. The largest absolute Gasteiger partial charge is 0.460 e. The lowest BCUT2D eigenvalue weighted by molar-refractivity contribution is -0.445. The van der Waals surface area contributed by atoms with Gasteiger partial charge in [-0.05, 0) is 19.3 Å². The number of hydrogen-bond acceptors (Lipinski definition) is 2. The summed E-state index contributed by atoms with van der Waals surface area (Å²) in [5.74, 6) is -13.7. The Labute approximate surface area is 113 Å². The van der Waals surface area contributed by atoms with E-state index in [9.17, 15) is 39.5 Å². The van der Waals surface area contributed by atoms with E-state index < -0.39 is 36.8 Å². The van der Waals surface area contributed by atoms with Crippen molar-refractivity contribution in [2.75, 3.05) is 13.2 Å². The van der Waals surface area contributed by atoms with E-state index in [-0.39, 0.29) is 13.0 Å². The minimum Gasteiger partial charge on any atom is -0.376 e. The van der Waals surface area contributed by atoms with Gasteiger partial charge in [-0.3, -0.25) is 0 Å². The molecule has 0 aromatic carbocycles. The summed E-state index contributed by atoms with van der Waals surface area (Å²) >= 11 is 0. The molecule has 2 nitrogen and oxygen atoms in total. The quantitative estimate of drug-likeness (QED) is 0.708. The van der Waals surface area contributed by atoms with Crippen molar-refractivity contribution in [3.8, 4) is 0 Å². The third kappa shape index (κ3) is 3.55. The fourth-order valence-electron chi connectivity index (χ4n) is 1.59. The minimum atomic E-state index is -6.93. The van der Waals surface area contributed by atoms with E-state index in [1.165, 1.54) is 0 Å². The zero-order valence-corrected chi connectivity index (χ0v) is 10.3. The Balaban J connectivity index is 2.78. The van der Waals surface area contributed by atoms with Crippen LogP contribution in [0, 0.1) is 0 Å². The summed E-state index contributed by atoms with van der Waals surface area (Å²) in [4.78, 5) is 0. The van der Waals surface area contributed by atoms with E-state index in [4.69, 9.17) is 4.74 Å². The molecule has 1 atom stereocenters. The fourth-order valence-corrected chi connectivity index (χ4v) is 1.59. The number of ether oxygens (including phenoxy) is 2. The molecular weight excluding hydrogens is 323 g/mol. The fraction of sp³-hybridized carbons (Fsp3) is 1.00. The summed E-state index contributed by atoms with van der Waals surface area (Å²) < 4.78 is 120. The van der Waals surface area contributed by atoms with Gasteiger partial charge in [0.1, 0.15) is 0 Å². The standard InChI is InChI=1S/C10H11F9O2/c11-7(12,9(15,16)17)8(13,14)10(18,19)21-5-6-3-1-2-4-20-6/h6H,1-5H2. The van der Waals surface area contributed by atoms with E-state index in [1.807, 2.05) is 0 Å². The van der Waals surface area contributed by atoms with Crippen LogP contribution in [0.2, 0.25) is 0 Å². The maximum absolute atomic E-state index is 13.0. The molecule has 126 valence electrons. The monoisotopic (exact) mass is 334 g/mol. The van der Waals surface area contributed by atoms with Crippen molar-refractivity contribution in [2.24, 2.45) is 0 Å². The molecule has 1 aliphatic heterocycles. The van der Waals surface area contributed by atoms with Crippen LogP contribution in [0.4, 0.5) is 39.5 Å². The second-order valence-corrected chi connectivity index (χ2v) is 4.46. The average Bonchev–Trinajstić information content (AvgIpc) is 2.36. The Kier molecular flexibility index (Phi) is 5.09. The number of hydrogen-bond donors (Lipinski definition) is 0. The highest BCUT2D eigenvalue weighted by Crippen LogP contribution is 2.53. The first-order valence-electron chi connectivity index (χ1n) is 5.78. The van der Waals surface area contributed by atoms with Gasteiger partial charge in [0.05, 0.1) is 12.7 Å². The van der Waals surface area contributed by atoms with Crippen molar-refractivity contribution < 1.29 is 49.0 Å². The van der Waals surface area contributed by atoms with Gasteiger partial charge in [0.25, 0.3) is 0 Å². The van der Waals surface area contributed by atoms with Crippen LogP contribution in [0.1, 0.15) is 19.3 Å². The average molecular weight is 334 g/mol. The lowest BCUT2D eigenvalue weighted by Crippen LogP contribution is -2.62. The Morgan fingerprint density at radius 1 is 0.857 bits per heavy atom. The van der Waals surface area contributed by atoms with Crippen LogP contribution in [0.5, 0.6) is 0 Å². The molecule has 1 aliphatic rings. The van der Waals surface area contributed by atoms with Gasteiger partial charge in [-0.1, -0.05) is 0 Å². The molecule has 0 saturated carbocycles. The summed E-state index contributed by atoms with van der Waals surface area (Å²) in [6, 6.07) is 0. The van der Waals surface area contributed by atoms with Crippen LogP contribution in [-0.4, -0.2) is 43.4 Å². The minimum absolute atomic E-state index is 0.134. The summed E-state index contributed by atoms with van der Waals surface area (Å²) in [5, 5.41) is 0. The SMILES string of the molecule is FC(F)(F)C(F)(F)C(F)(F)C(F)(F)OCC1CCCCO1. The lowest BCUT2D eigenvalue weighted by atomic mass is 10.1. The van der Waals surface area contributed by atoms with Crippen LogP contribution < -0.4 is 0 Å². The molecule has 0 aromatic heterocycles. The van der Waals surface area contributed by atoms with Gasteiger partial charge in [-0.2, -0.15) is 39.5 Å². The summed E-state index contributed by atoms with van der Waals surface area (Å²) in [5.41, 5.74) is 0. The van der Waals surface area contributed by atoms with Crippen molar-refractivity contribution in [3.05, 3.63) is 0 Å². The van der Waals surface area contributed by atoms with Gasteiger partial charge < -0.3 is 9.47 Å². The van der Waals surface area contributed by atoms with Crippen LogP contribution in [0.15, 0.2) is 0 Å². The molecule has 11 heteroatoms. The summed E-state index contributed by atoms with van der Waals surface area (Å²) in [6.07, 6.45) is -12.6. The summed E-state index contributed by atoms with van der Waals surface area (Å²) in [7, 11) is 0. The van der Waals surface area contributed by atoms with Gasteiger partial charge in [-0.15, -0.1) is 0 Å². The topological polar surface area (TPSA) is 18.5 Å². The number of halogens is 9. The van der Waals surface area contributed by atoms with Gasteiger partial charge in [0.15, 0.2) is 0 Å². The molecule has 1 saturated heterocycles. The van der Waals surface area contributed by atoms with Gasteiger partial charge in [-0.25, -0.2) is 0 Å². The maximum atomic E-state index is 13.0. The van der Waals surface area contributed by atoms with Crippen molar-refractivity contribution >= 4 is 0 Å². The molecule has 0 bridgehead atoms. The molecular formula is C10H11F9O2. The lowest BCUT2D eigenvalue weighted by Gasteiger charge is -2.34. The molecule has 1 heterocycles. The van der Waals surface area contributed by atoms with E-state index in [1.54, 1.807) is 0 Å². The molecule has 0 spiro atoms. The predicted octanol–water partition coefficient (Wildman–Crippen LogP) is 4.00. The zero-order chi connectivity index (χ0) is 16.5. The molecule has 1 fully saturated rings. The van der Waals surface area contributed by atoms with E-state index >= 15 is 0 Å². The normalized spacial score (nSPS) is 22.4. The van der Waals surface area contributed by atoms with E-state index in [0.717, 1.165) is 0 Å². The first-order chi connectivity index (χ1) is 9.33. The van der Waals surface area contributed by atoms with Gasteiger partial charge >= 0.3 is 24.1 Å². The first-order valence-corrected chi connectivity index (χ1v) is 5.78. The highest BCUT2D eigenvalue weighted by Gasteiger charge is 2.82. The summed E-state index contributed by atoms with van der Waals surface area (Å²) in [6.45, 7) is -1.08. The second kappa shape index (κ2) is 5.82. The third-order valence-corrected chi connectivity index (χ3v) is 2.84. The van der Waals surface area contributed by atoms with Gasteiger partial charge in [0.2, 0.25) is 0 Å². The van der Waals surface area contributed by atoms with Crippen molar-refractivity contribution in [1.29, 1.82) is 0 Å². The molecule has 0 radical (unpaired) electrons. The Morgan fingerprint density at radius 2 is 1.43 bits per heavy atom. The Hall–Kier alpha value is -0.710. The highest BCUT2D eigenvalue weighted by atomic mass is 19.4. The highest BCUT2D eigenvalue weighted by molar-refractivity contribution is 4.96. The molecule has 1 rings (SSSR count). The van der Waals surface area contributed by atoms with Crippen molar-refractivity contribution in [1.82, 2.24) is 0 Å². The van der Waals surface area contributed by atoms with Crippen LogP contribution in [0.3, 0.4) is 0 Å². The molecule has 0 N–H and O–H groups in total. The smallest absolute Gasteiger partial charge is 0.376 e. The number of alkyl halides is 9. The Bertz CT molecular complexity index is 347. The molecule has 0 amide bonds.